The third-order valence-corrected chi connectivity index (χ3v) is 4.48. The van der Waals surface area contributed by atoms with Gasteiger partial charge in [-0.1, -0.05) is 16.8 Å². The van der Waals surface area contributed by atoms with Gasteiger partial charge in [-0.2, -0.15) is 0 Å². The number of aryl methyl sites for hydroxylation is 1. The molecule has 104 valence electrons. The van der Waals surface area contributed by atoms with Crippen LogP contribution in [0.2, 0.25) is 5.02 Å². The summed E-state index contributed by atoms with van der Waals surface area (Å²) in [4.78, 5) is 11.5. The zero-order chi connectivity index (χ0) is 14.4. The summed E-state index contributed by atoms with van der Waals surface area (Å²) in [6.45, 7) is 1.67. The van der Waals surface area contributed by atoms with Gasteiger partial charge in [-0.25, -0.2) is 4.21 Å². The van der Waals surface area contributed by atoms with Crippen molar-refractivity contribution in [1.82, 2.24) is 5.16 Å². The van der Waals surface area contributed by atoms with Gasteiger partial charge in [0.2, 0.25) is 0 Å². The second kappa shape index (κ2) is 7.39. The van der Waals surface area contributed by atoms with Crippen molar-refractivity contribution >= 4 is 46.1 Å². The van der Waals surface area contributed by atoms with Gasteiger partial charge in [0.05, 0.1) is 9.77 Å². The Morgan fingerprint density at radius 3 is 2.79 bits per heavy atom. The van der Waals surface area contributed by atoms with E-state index in [0.29, 0.717) is 21.8 Å². The first-order valence-electron chi connectivity index (χ1n) is 4.91. The molecule has 1 unspecified atom stereocenters. The highest BCUT2D eigenvalue weighted by atomic mass is 35.5. The Kier molecular flexibility index (Phi) is 6.16. The summed E-state index contributed by atoms with van der Waals surface area (Å²) in [6.07, 6.45) is 0.660. The van der Waals surface area contributed by atoms with Gasteiger partial charge in [0.25, 0.3) is 5.88 Å². The molecule has 19 heavy (non-hydrogen) atoms. The Bertz CT molecular complexity index is 582. The molecular formula is C10H11ClN2O4S2. The maximum atomic E-state index is 11.9. The molecule has 0 radical (unpaired) electrons. The monoisotopic (exact) mass is 322 g/mol. The number of carbonyl (C=O) groups is 1. The van der Waals surface area contributed by atoms with Crippen LogP contribution in [0.3, 0.4) is 0 Å². The SMILES string of the molecule is CO.Cc1noc(NS(=O)c2ccsc2C=O)c1Cl. The van der Waals surface area contributed by atoms with Gasteiger partial charge < -0.3 is 9.63 Å². The number of thiophene rings is 1. The summed E-state index contributed by atoms with van der Waals surface area (Å²) < 4.78 is 19.4. The molecule has 2 heterocycles. The lowest BCUT2D eigenvalue weighted by Gasteiger charge is -2.00. The maximum Gasteiger partial charge on any atom is 0.255 e. The highest BCUT2D eigenvalue weighted by Gasteiger charge is 2.16. The van der Waals surface area contributed by atoms with Gasteiger partial charge in [0.1, 0.15) is 10.7 Å². The van der Waals surface area contributed by atoms with Gasteiger partial charge in [-0.15, -0.1) is 11.3 Å². The maximum absolute atomic E-state index is 11.9. The molecule has 0 saturated carbocycles. The highest BCUT2D eigenvalue weighted by Crippen LogP contribution is 2.27. The number of aliphatic hydroxyl groups is 1. The van der Waals surface area contributed by atoms with Crippen LogP contribution in [0.15, 0.2) is 20.9 Å². The zero-order valence-corrected chi connectivity index (χ0v) is 12.4. The largest absolute Gasteiger partial charge is 0.400 e. The van der Waals surface area contributed by atoms with E-state index < -0.39 is 11.0 Å². The topological polar surface area (TPSA) is 92.4 Å². The van der Waals surface area contributed by atoms with Gasteiger partial charge >= 0.3 is 0 Å². The lowest BCUT2D eigenvalue weighted by atomic mass is 10.5. The van der Waals surface area contributed by atoms with Gasteiger partial charge in [-0.05, 0) is 18.4 Å². The minimum atomic E-state index is -1.60. The van der Waals surface area contributed by atoms with E-state index in [-0.39, 0.29) is 10.9 Å². The fourth-order valence-corrected chi connectivity index (χ4v) is 3.17. The van der Waals surface area contributed by atoms with Crippen molar-refractivity contribution in [3.8, 4) is 0 Å². The minimum Gasteiger partial charge on any atom is -0.400 e. The third kappa shape index (κ3) is 3.63. The van der Waals surface area contributed by atoms with E-state index in [4.69, 9.17) is 21.2 Å². The number of anilines is 1. The summed E-state index contributed by atoms with van der Waals surface area (Å²) in [5, 5.41) is 12.6. The molecule has 2 rings (SSSR count). The van der Waals surface area contributed by atoms with Crippen molar-refractivity contribution in [2.45, 2.75) is 11.8 Å². The number of halogens is 1. The van der Waals surface area contributed by atoms with E-state index in [1.807, 2.05) is 0 Å². The summed E-state index contributed by atoms with van der Waals surface area (Å²) >= 11 is 7.09. The molecule has 0 aliphatic rings. The number of nitrogens with zero attached hydrogens (tertiary/aromatic N) is 1. The first kappa shape index (κ1) is 15.8. The van der Waals surface area contributed by atoms with Gasteiger partial charge in [0.15, 0.2) is 17.3 Å². The molecule has 0 spiro atoms. The van der Waals surface area contributed by atoms with E-state index in [2.05, 4.69) is 9.88 Å². The minimum absolute atomic E-state index is 0.130. The van der Waals surface area contributed by atoms with Crippen LogP contribution < -0.4 is 4.72 Å². The highest BCUT2D eigenvalue weighted by molar-refractivity contribution is 7.86. The van der Waals surface area contributed by atoms with Crippen molar-refractivity contribution in [2.75, 3.05) is 11.8 Å². The molecule has 0 aromatic carbocycles. The molecule has 0 bridgehead atoms. The molecule has 0 aliphatic heterocycles. The number of nitrogens with one attached hydrogen (secondary N) is 1. The van der Waals surface area contributed by atoms with Crippen molar-refractivity contribution in [1.29, 1.82) is 0 Å². The molecule has 0 aliphatic carbocycles. The first-order chi connectivity index (χ1) is 9.13. The summed E-state index contributed by atoms with van der Waals surface area (Å²) in [5.41, 5.74) is 0.507. The van der Waals surface area contributed by atoms with Crippen LogP contribution in [0.1, 0.15) is 15.4 Å². The van der Waals surface area contributed by atoms with E-state index in [1.165, 1.54) is 11.3 Å². The van der Waals surface area contributed by atoms with Crippen LogP contribution in [0.25, 0.3) is 0 Å². The third-order valence-electron chi connectivity index (χ3n) is 1.94. The van der Waals surface area contributed by atoms with Crippen molar-refractivity contribution < 1.29 is 18.6 Å². The zero-order valence-electron chi connectivity index (χ0n) is 10.0. The molecule has 6 nitrogen and oxygen atoms in total. The molecule has 2 aromatic rings. The van der Waals surface area contributed by atoms with Crippen molar-refractivity contribution in [3.63, 3.8) is 0 Å². The Morgan fingerprint density at radius 2 is 2.26 bits per heavy atom. The normalized spacial score (nSPS) is 11.4. The summed E-state index contributed by atoms with van der Waals surface area (Å²) in [6, 6.07) is 1.61. The van der Waals surface area contributed by atoms with Crippen molar-refractivity contribution in [3.05, 3.63) is 27.0 Å². The molecule has 1 atom stereocenters. The van der Waals surface area contributed by atoms with Crippen molar-refractivity contribution in [2.24, 2.45) is 0 Å². The lowest BCUT2D eigenvalue weighted by Crippen LogP contribution is -2.05. The Hall–Kier alpha value is -1.22. The molecule has 0 fully saturated rings. The average Bonchev–Trinajstić information content (AvgIpc) is 3.02. The predicted molar refractivity (Wildman–Crippen MR) is 74.1 cm³/mol. The fourth-order valence-electron chi connectivity index (χ4n) is 1.11. The fraction of sp³-hybridized carbons (Fsp3) is 0.200. The number of carbonyl (C=O) groups excluding carboxylic acids is 1. The van der Waals surface area contributed by atoms with E-state index >= 15 is 0 Å². The van der Waals surface area contributed by atoms with E-state index in [9.17, 15) is 9.00 Å². The smallest absolute Gasteiger partial charge is 0.255 e. The number of aromatic nitrogens is 1. The predicted octanol–water partition coefficient (Wildman–Crippen LogP) is 2.25. The van der Waals surface area contributed by atoms with Crippen LogP contribution in [-0.4, -0.2) is 27.9 Å². The number of hydrogen-bond acceptors (Lipinski definition) is 6. The molecule has 0 saturated heterocycles. The molecule has 2 N–H and O–H groups in total. The van der Waals surface area contributed by atoms with Gasteiger partial charge in [-0.3, -0.25) is 9.52 Å². The van der Waals surface area contributed by atoms with E-state index in [1.54, 1.807) is 18.4 Å². The number of aliphatic hydroxyl groups excluding tert-OH is 1. The Balaban J connectivity index is 0.000000861. The second-order valence-corrected chi connectivity index (χ2v) is 5.56. The van der Waals surface area contributed by atoms with Crippen LogP contribution >= 0.6 is 22.9 Å². The van der Waals surface area contributed by atoms with Gasteiger partial charge in [0, 0.05) is 7.11 Å². The standard InChI is InChI=1S/C9H7ClN2O3S2.CH4O/c1-5-8(10)9(15-11-5)12-17(14)7-2-3-16-6(7)4-13;1-2/h2-4,12H,1H3;2H,1H3. The number of aldehydes is 1. The van der Waals surface area contributed by atoms with Crippen LogP contribution in [0.5, 0.6) is 0 Å². The van der Waals surface area contributed by atoms with Crippen LogP contribution in [0, 0.1) is 6.92 Å². The Labute approximate surface area is 121 Å². The molecule has 0 amide bonds. The number of rotatable bonds is 4. The molecule has 2 aromatic heterocycles. The van der Waals surface area contributed by atoms with Crippen LogP contribution in [-0.2, 0) is 11.0 Å². The lowest BCUT2D eigenvalue weighted by molar-refractivity contribution is 0.112. The first-order valence-corrected chi connectivity index (χ1v) is 7.32. The molecule has 9 heteroatoms. The van der Waals surface area contributed by atoms with E-state index in [0.717, 1.165) is 7.11 Å². The summed E-state index contributed by atoms with van der Waals surface area (Å²) in [5.74, 6) is 0.130. The average molecular weight is 323 g/mol. The summed E-state index contributed by atoms with van der Waals surface area (Å²) in [7, 11) is -0.601. The second-order valence-electron chi connectivity index (χ2n) is 3.05. The quantitative estimate of drug-likeness (QED) is 0.842. The molecular weight excluding hydrogens is 312 g/mol. The number of hydrogen-bond donors (Lipinski definition) is 2. The van der Waals surface area contributed by atoms with Crippen LogP contribution in [0.4, 0.5) is 5.88 Å². The Morgan fingerprint density at radius 1 is 1.58 bits per heavy atom.